The molecule has 1 N–H and O–H groups in total. The van der Waals surface area contributed by atoms with Crippen molar-refractivity contribution in [3.8, 4) is 0 Å². The topological polar surface area (TPSA) is 54.4 Å². The van der Waals surface area contributed by atoms with Gasteiger partial charge >= 0.3 is 0 Å². The monoisotopic (exact) mass is 213 g/mol. The molecule has 0 saturated carbocycles. The van der Waals surface area contributed by atoms with Crippen molar-refractivity contribution in [2.45, 2.75) is 6.92 Å². The molecule has 80 valence electrons. The number of nitrogens with one attached hydrogen (secondary N) is 1. The maximum atomic E-state index is 10.7. The van der Waals surface area contributed by atoms with Crippen molar-refractivity contribution in [3.05, 3.63) is 42.1 Å². The van der Waals surface area contributed by atoms with E-state index < -0.39 is 0 Å². The molecule has 16 heavy (non-hydrogen) atoms. The second kappa shape index (κ2) is 4.53. The van der Waals surface area contributed by atoms with Gasteiger partial charge in [0.15, 0.2) is 0 Å². The Hall–Kier alpha value is -2.23. The highest BCUT2D eigenvalue weighted by Gasteiger charge is 1.97. The molecule has 1 aromatic heterocycles. The number of nitrogens with zero attached hydrogens (tertiary/aromatic N) is 2. The van der Waals surface area contributed by atoms with Crippen LogP contribution in [0.5, 0.6) is 0 Å². The molecular weight excluding hydrogens is 202 g/mol. The van der Waals surface area contributed by atoms with Crippen molar-refractivity contribution in [2.75, 3.05) is 0 Å². The molecule has 0 radical (unpaired) electrons. The van der Waals surface area contributed by atoms with Crippen molar-refractivity contribution in [2.24, 2.45) is 5.10 Å². The van der Waals surface area contributed by atoms with Crippen LogP contribution in [-0.2, 0) is 4.79 Å². The number of fused-ring (bicyclic) bond motifs is 1. The summed E-state index contributed by atoms with van der Waals surface area (Å²) in [6.45, 7) is 1.42. The summed E-state index contributed by atoms with van der Waals surface area (Å²) in [4.78, 5) is 14.9. The number of carbonyl (C=O) groups excluding carboxylic acids is 1. The number of hydrogen-bond acceptors (Lipinski definition) is 3. The molecule has 4 heteroatoms. The summed E-state index contributed by atoms with van der Waals surface area (Å²) in [5, 5.41) is 4.85. The van der Waals surface area contributed by atoms with Crippen LogP contribution in [0.25, 0.3) is 10.9 Å². The van der Waals surface area contributed by atoms with Gasteiger partial charge in [0.2, 0.25) is 5.91 Å². The summed E-state index contributed by atoms with van der Waals surface area (Å²) in [5.41, 5.74) is 4.21. The SMILES string of the molecule is CC(=O)NN=Cc1ccnc2ccccc12. The zero-order valence-electron chi connectivity index (χ0n) is 8.84. The fraction of sp³-hybridized carbons (Fsp3) is 0.0833. The molecule has 2 rings (SSSR count). The number of benzene rings is 1. The lowest BCUT2D eigenvalue weighted by Gasteiger charge is -2.00. The van der Waals surface area contributed by atoms with Crippen molar-refractivity contribution < 1.29 is 4.79 Å². The van der Waals surface area contributed by atoms with Crippen LogP contribution < -0.4 is 5.43 Å². The quantitative estimate of drug-likeness (QED) is 0.609. The minimum absolute atomic E-state index is 0.186. The summed E-state index contributed by atoms with van der Waals surface area (Å²) >= 11 is 0. The predicted octanol–water partition coefficient (Wildman–Crippen LogP) is 1.70. The van der Waals surface area contributed by atoms with Gasteiger partial charge in [0, 0.05) is 24.1 Å². The Kier molecular flexibility index (Phi) is 2.91. The average Bonchev–Trinajstić information content (AvgIpc) is 2.29. The first-order chi connectivity index (χ1) is 7.77. The number of carbonyl (C=O) groups is 1. The van der Waals surface area contributed by atoms with E-state index in [2.05, 4.69) is 15.5 Å². The van der Waals surface area contributed by atoms with E-state index in [9.17, 15) is 4.79 Å². The lowest BCUT2D eigenvalue weighted by Crippen LogP contribution is -2.12. The molecule has 4 nitrogen and oxygen atoms in total. The smallest absolute Gasteiger partial charge is 0.236 e. The first kappa shape index (κ1) is 10.3. The van der Waals surface area contributed by atoms with E-state index in [1.807, 2.05) is 30.3 Å². The average molecular weight is 213 g/mol. The summed E-state index contributed by atoms with van der Waals surface area (Å²) in [6, 6.07) is 9.64. The molecule has 0 spiro atoms. The third kappa shape index (κ3) is 2.23. The largest absolute Gasteiger partial charge is 0.274 e. The second-order valence-corrected chi connectivity index (χ2v) is 3.34. The van der Waals surface area contributed by atoms with Gasteiger partial charge < -0.3 is 0 Å². The van der Waals surface area contributed by atoms with Gasteiger partial charge in [-0.2, -0.15) is 5.10 Å². The van der Waals surface area contributed by atoms with Crippen LogP contribution in [0.15, 0.2) is 41.6 Å². The fourth-order valence-corrected chi connectivity index (χ4v) is 1.42. The highest BCUT2D eigenvalue weighted by atomic mass is 16.2. The van der Waals surface area contributed by atoms with Gasteiger partial charge in [0.1, 0.15) is 0 Å². The van der Waals surface area contributed by atoms with Crippen LogP contribution in [0.3, 0.4) is 0 Å². The van der Waals surface area contributed by atoms with Crippen LogP contribution in [0, 0.1) is 0 Å². The van der Waals surface area contributed by atoms with Crippen molar-refractivity contribution >= 4 is 23.0 Å². The van der Waals surface area contributed by atoms with Crippen molar-refractivity contribution in [1.82, 2.24) is 10.4 Å². The molecular formula is C12H11N3O. The van der Waals surface area contributed by atoms with E-state index in [1.165, 1.54) is 6.92 Å². The number of amides is 1. The van der Waals surface area contributed by atoms with Gasteiger partial charge in [0.05, 0.1) is 11.7 Å². The molecule has 0 aliphatic carbocycles. The lowest BCUT2D eigenvalue weighted by atomic mass is 10.1. The molecule has 0 aliphatic rings. The van der Waals surface area contributed by atoms with Crippen LogP contribution in [0.2, 0.25) is 0 Å². The van der Waals surface area contributed by atoms with Crippen LogP contribution >= 0.6 is 0 Å². The summed E-state index contributed by atoms with van der Waals surface area (Å²) in [5.74, 6) is -0.186. The predicted molar refractivity (Wildman–Crippen MR) is 63.2 cm³/mol. The molecule has 0 atom stereocenters. The van der Waals surface area contributed by atoms with Gasteiger partial charge in [-0.3, -0.25) is 9.78 Å². The van der Waals surface area contributed by atoms with Gasteiger partial charge in [-0.05, 0) is 12.1 Å². The van der Waals surface area contributed by atoms with Gasteiger partial charge in [-0.15, -0.1) is 0 Å². The third-order valence-corrected chi connectivity index (χ3v) is 2.11. The Morgan fingerprint density at radius 3 is 3.00 bits per heavy atom. The zero-order valence-corrected chi connectivity index (χ0v) is 8.84. The normalized spacial score (nSPS) is 10.8. The van der Waals surface area contributed by atoms with Gasteiger partial charge in [-0.1, -0.05) is 18.2 Å². The summed E-state index contributed by atoms with van der Waals surface area (Å²) in [7, 11) is 0. The molecule has 0 bridgehead atoms. The summed E-state index contributed by atoms with van der Waals surface area (Å²) < 4.78 is 0. The Morgan fingerprint density at radius 1 is 1.38 bits per heavy atom. The summed E-state index contributed by atoms with van der Waals surface area (Å²) in [6.07, 6.45) is 3.34. The number of rotatable bonds is 2. The minimum atomic E-state index is -0.186. The molecule has 1 heterocycles. The highest BCUT2D eigenvalue weighted by Crippen LogP contribution is 2.13. The van der Waals surface area contributed by atoms with E-state index in [1.54, 1.807) is 12.4 Å². The third-order valence-electron chi connectivity index (χ3n) is 2.11. The molecule has 0 fully saturated rings. The lowest BCUT2D eigenvalue weighted by molar-refractivity contribution is -0.118. The van der Waals surface area contributed by atoms with Gasteiger partial charge in [-0.25, -0.2) is 5.43 Å². The second-order valence-electron chi connectivity index (χ2n) is 3.34. The van der Waals surface area contributed by atoms with E-state index >= 15 is 0 Å². The van der Waals surface area contributed by atoms with E-state index in [0.717, 1.165) is 16.5 Å². The molecule has 1 aromatic carbocycles. The number of hydrogen-bond donors (Lipinski definition) is 1. The van der Waals surface area contributed by atoms with E-state index in [4.69, 9.17) is 0 Å². The first-order valence-corrected chi connectivity index (χ1v) is 4.91. The Morgan fingerprint density at radius 2 is 2.19 bits per heavy atom. The highest BCUT2D eigenvalue weighted by molar-refractivity contribution is 5.98. The molecule has 0 saturated heterocycles. The Balaban J connectivity index is 2.37. The number of para-hydroxylation sites is 1. The maximum Gasteiger partial charge on any atom is 0.236 e. The van der Waals surface area contributed by atoms with E-state index in [0.29, 0.717) is 0 Å². The van der Waals surface area contributed by atoms with Crippen LogP contribution in [0.1, 0.15) is 12.5 Å². The van der Waals surface area contributed by atoms with Gasteiger partial charge in [0.25, 0.3) is 0 Å². The maximum absolute atomic E-state index is 10.7. The van der Waals surface area contributed by atoms with Crippen molar-refractivity contribution in [3.63, 3.8) is 0 Å². The number of pyridine rings is 1. The van der Waals surface area contributed by atoms with Crippen LogP contribution in [0.4, 0.5) is 0 Å². The fourth-order valence-electron chi connectivity index (χ4n) is 1.42. The van der Waals surface area contributed by atoms with Crippen LogP contribution in [-0.4, -0.2) is 17.1 Å². The first-order valence-electron chi connectivity index (χ1n) is 4.91. The number of hydrazone groups is 1. The molecule has 1 amide bonds. The zero-order chi connectivity index (χ0) is 11.4. The minimum Gasteiger partial charge on any atom is -0.274 e. The standard InChI is InChI=1S/C12H11N3O/c1-9(16)15-14-8-10-6-7-13-12-5-3-2-4-11(10)12/h2-8H,1H3,(H,15,16). The Labute approximate surface area is 93.0 Å². The van der Waals surface area contributed by atoms with Crippen molar-refractivity contribution in [1.29, 1.82) is 0 Å². The Bertz CT molecular complexity index is 543. The molecule has 2 aromatic rings. The van der Waals surface area contributed by atoms with E-state index in [-0.39, 0.29) is 5.91 Å². The molecule has 0 aliphatic heterocycles. The number of aromatic nitrogens is 1. The molecule has 0 unspecified atom stereocenters.